The van der Waals surface area contributed by atoms with Gasteiger partial charge in [-0.2, -0.15) is 0 Å². The van der Waals surface area contributed by atoms with Gasteiger partial charge in [-0.05, 0) is 26.0 Å². The van der Waals surface area contributed by atoms with Gasteiger partial charge in [0.2, 0.25) is 0 Å². The van der Waals surface area contributed by atoms with E-state index in [4.69, 9.17) is 27.9 Å². The molecule has 10 nitrogen and oxygen atoms in total. The van der Waals surface area contributed by atoms with E-state index in [0.29, 0.717) is 30.1 Å². The molecule has 0 saturated heterocycles. The van der Waals surface area contributed by atoms with Crippen molar-refractivity contribution in [3.63, 3.8) is 0 Å². The van der Waals surface area contributed by atoms with E-state index in [-0.39, 0.29) is 18.8 Å². The van der Waals surface area contributed by atoms with Crippen molar-refractivity contribution < 1.29 is 42.3 Å². The summed E-state index contributed by atoms with van der Waals surface area (Å²) in [6.07, 6.45) is 0.313. The summed E-state index contributed by atoms with van der Waals surface area (Å²) in [5.41, 5.74) is 0.185. The number of carbonyl (C=O) groups is 1. The highest BCUT2D eigenvalue weighted by atomic mass is 31.2. The van der Waals surface area contributed by atoms with Crippen LogP contribution in [0.1, 0.15) is 25.0 Å². The molecule has 1 N–H and O–H groups in total. The maximum Gasteiger partial charge on any atom is 0.550 e. The Bertz CT molecular complexity index is 726. The van der Waals surface area contributed by atoms with Crippen LogP contribution in [0.25, 0.3) is 0 Å². The SMILES string of the molecule is CCOP(=O)(OCC)ON=C(C(=O)O)c1ccc(OC)c(OC)c1CCOC. The topological polar surface area (TPSA) is 122 Å². The Morgan fingerprint density at radius 1 is 1.11 bits per heavy atom. The monoisotopic (exact) mass is 419 g/mol. The molecular weight excluding hydrogens is 393 g/mol. The maximum absolute atomic E-state index is 12.4. The summed E-state index contributed by atoms with van der Waals surface area (Å²) in [5.74, 6) is -0.647. The van der Waals surface area contributed by atoms with Gasteiger partial charge in [0.25, 0.3) is 0 Å². The van der Waals surface area contributed by atoms with Gasteiger partial charge in [0.15, 0.2) is 17.2 Å². The first-order valence-electron chi connectivity index (χ1n) is 8.49. The second kappa shape index (κ2) is 11.7. The first-order valence-corrected chi connectivity index (χ1v) is 9.95. The number of carboxylic acid groups (broad SMARTS) is 1. The fourth-order valence-electron chi connectivity index (χ4n) is 2.36. The van der Waals surface area contributed by atoms with Crippen molar-refractivity contribution in [1.82, 2.24) is 0 Å². The smallest absolute Gasteiger partial charge is 0.493 e. The molecule has 1 aromatic rings. The molecule has 0 spiro atoms. The third-order valence-electron chi connectivity index (χ3n) is 3.47. The van der Waals surface area contributed by atoms with Crippen molar-refractivity contribution in [2.24, 2.45) is 5.16 Å². The van der Waals surface area contributed by atoms with Crippen LogP contribution in [0.3, 0.4) is 0 Å². The van der Waals surface area contributed by atoms with Gasteiger partial charge in [-0.15, -0.1) is 0 Å². The van der Waals surface area contributed by atoms with Crippen LogP contribution in [0.15, 0.2) is 17.3 Å². The van der Waals surface area contributed by atoms with Crippen molar-refractivity contribution in [1.29, 1.82) is 0 Å². The van der Waals surface area contributed by atoms with Gasteiger partial charge in [-0.3, -0.25) is 13.7 Å². The molecule has 0 unspecified atom stereocenters. The highest BCUT2D eigenvalue weighted by Gasteiger charge is 2.29. The summed E-state index contributed by atoms with van der Waals surface area (Å²) in [6.45, 7) is 3.54. The second-order valence-corrected chi connectivity index (χ2v) is 6.75. The Labute approximate surface area is 163 Å². The molecule has 0 heterocycles. The molecule has 0 fully saturated rings. The molecule has 1 aromatic carbocycles. The quantitative estimate of drug-likeness (QED) is 0.292. The van der Waals surface area contributed by atoms with E-state index in [1.807, 2.05) is 0 Å². The number of hydrogen-bond donors (Lipinski definition) is 1. The third kappa shape index (κ3) is 6.20. The molecule has 28 heavy (non-hydrogen) atoms. The van der Waals surface area contributed by atoms with E-state index in [9.17, 15) is 14.5 Å². The normalized spacial score (nSPS) is 12.0. The zero-order valence-corrected chi connectivity index (χ0v) is 17.5. The lowest BCUT2D eigenvalue weighted by molar-refractivity contribution is -0.129. The average molecular weight is 419 g/mol. The van der Waals surface area contributed by atoms with Crippen LogP contribution < -0.4 is 9.47 Å². The summed E-state index contributed by atoms with van der Waals surface area (Å²) in [7, 11) is 0.381. The van der Waals surface area contributed by atoms with E-state index in [2.05, 4.69) is 5.16 Å². The minimum atomic E-state index is -4.04. The third-order valence-corrected chi connectivity index (χ3v) is 4.90. The number of aliphatic carboxylic acids is 1. The number of benzene rings is 1. The highest BCUT2D eigenvalue weighted by Crippen LogP contribution is 2.49. The minimum absolute atomic E-state index is 0.0324. The summed E-state index contributed by atoms with van der Waals surface area (Å²) < 4.78 is 43.0. The number of nitrogens with zero attached hydrogens (tertiary/aromatic N) is 1. The van der Waals surface area contributed by atoms with Gasteiger partial charge in [0.1, 0.15) is 0 Å². The molecule has 0 bridgehead atoms. The van der Waals surface area contributed by atoms with E-state index >= 15 is 0 Å². The van der Waals surface area contributed by atoms with Crippen molar-refractivity contribution in [2.75, 3.05) is 41.2 Å². The lowest BCUT2D eigenvalue weighted by atomic mass is 9.98. The molecule has 0 atom stereocenters. The number of phosphoric ester groups is 1. The largest absolute Gasteiger partial charge is 0.550 e. The number of methoxy groups -OCH3 is 3. The molecule has 0 aromatic heterocycles. The van der Waals surface area contributed by atoms with Gasteiger partial charge in [0, 0.05) is 24.7 Å². The predicted molar refractivity (Wildman–Crippen MR) is 101 cm³/mol. The maximum atomic E-state index is 12.4. The average Bonchev–Trinajstić information content (AvgIpc) is 2.66. The van der Waals surface area contributed by atoms with Crippen LogP contribution >= 0.6 is 7.82 Å². The first kappa shape index (κ1) is 23.9. The van der Waals surface area contributed by atoms with E-state index in [1.165, 1.54) is 33.5 Å². The Morgan fingerprint density at radius 3 is 2.21 bits per heavy atom. The van der Waals surface area contributed by atoms with E-state index < -0.39 is 19.5 Å². The molecule has 158 valence electrons. The lowest BCUT2D eigenvalue weighted by Gasteiger charge is -2.17. The molecule has 0 radical (unpaired) electrons. The van der Waals surface area contributed by atoms with E-state index in [0.717, 1.165) is 0 Å². The van der Waals surface area contributed by atoms with Crippen molar-refractivity contribution >= 4 is 19.5 Å². The lowest BCUT2D eigenvalue weighted by Crippen LogP contribution is -2.18. The molecule has 0 aliphatic rings. The Hall–Kier alpha value is -2.13. The Balaban J connectivity index is 3.48. The first-order chi connectivity index (χ1) is 13.4. The van der Waals surface area contributed by atoms with Crippen LogP contribution in [0, 0.1) is 0 Å². The molecule has 0 amide bonds. The number of ether oxygens (including phenoxy) is 3. The molecular formula is C17H26NO9P. The summed E-state index contributed by atoms with van der Waals surface area (Å²) in [5, 5.41) is 13.2. The van der Waals surface area contributed by atoms with Crippen LogP contribution in [0.5, 0.6) is 11.5 Å². The number of oxime groups is 1. The van der Waals surface area contributed by atoms with Crippen LogP contribution in [0.2, 0.25) is 0 Å². The van der Waals surface area contributed by atoms with Crippen molar-refractivity contribution in [2.45, 2.75) is 20.3 Å². The zero-order chi connectivity index (χ0) is 21.2. The Kier molecular flexibility index (Phi) is 9.95. The second-order valence-electron chi connectivity index (χ2n) is 5.18. The van der Waals surface area contributed by atoms with Crippen LogP contribution in [-0.2, 0) is 34.2 Å². The number of carboxylic acids is 1. The minimum Gasteiger partial charge on any atom is -0.493 e. The molecule has 11 heteroatoms. The summed E-state index contributed by atoms with van der Waals surface area (Å²) in [4.78, 5) is 11.8. The predicted octanol–water partition coefficient (Wildman–Crippen LogP) is 2.88. The van der Waals surface area contributed by atoms with Gasteiger partial charge in [-0.1, -0.05) is 5.16 Å². The fraction of sp³-hybridized carbons (Fsp3) is 0.529. The van der Waals surface area contributed by atoms with Crippen LogP contribution in [0.4, 0.5) is 0 Å². The fourth-order valence-corrected chi connectivity index (χ4v) is 3.34. The van der Waals surface area contributed by atoms with Crippen LogP contribution in [-0.4, -0.2) is 57.9 Å². The van der Waals surface area contributed by atoms with E-state index in [1.54, 1.807) is 13.8 Å². The molecule has 0 aliphatic carbocycles. The standard InChI is InChI=1S/C17H26NO9P/c1-6-25-28(21,26-7-2)27-18-15(17(19)20)12-8-9-14(23-4)16(24-5)13(12)10-11-22-3/h8-9H,6-7,10-11H2,1-5H3,(H,19,20). The molecule has 1 rings (SSSR count). The van der Waals surface area contributed by atoms with Crippen molar-refractivity contribution in [3.05, 3.63) is 23.3 Å². The number of hydrogen-bond acceptors (Lipinski definition) is 9. The molecule has 0 saturated carbocycles. The summed E-state index contributed by atoms with van der Waals surface area (Å²) in [6, 6.07) is 3.03. The van der Waals surface area contributed by atoms with Gasteiger partial charge in [-0.25, -0.2) is 9.36 Å². The van der Waals surface area contributed by atoms with Gasteiger partial charge in [0.05, 0.1) is 34.0 Å². The zero-order valence-electron chi connectivity index (χ0n) is 16.6. The number of rotatable bonds is 13. The van der Waals surface area contributed by atoms with Gasteiger partial charge >= 0.3 is 13.8 Å². The van der Waals surface area contributed by atoms with Crippen molar-refractivity contribution in [3.8, 4) is 11.5 Å². The molecule has 0 aliphatic heterocycles. The highest BCUT2D eigenvalue weighted by molar-refractivity contribution is 7.48. The Morgan fingerprint density at radius 2 is 1.75 bits per heavy atom. The summed E-state index contributed by atoms with van der Waals surface area (Å²) >= 11 is 0. The number of phosphoric acid groups is 1. The van der Waals surface area contributed by atoms with Gasteiger partial charge < -0.3 is 19.3 Å².